The van der Waals surface area contributed by atoms with E-state index in [1.54, 1.807) is 12.1 Å². The highest BCUT2D eigenvalue weighted by atomic mass is 79.9. The van der Waals surface area contributed by atoms with Crippen molar-refractivity contribution in [1.29, 1.82) is 0 Å². The van der Waals surface area contributed by atoms with Crippen molar-refractivity contribution in [2.45, 2.75) is 51.5 Å². The molecule has 0 amide bonds. The number of imidazole rings is 1. The fourth-order valence-electron chi connectivity index (χ4n) is 3.28. The minimum absolute atomic E-state index is 0.249. The summed E-state index contributed by atoms with van der Waals surface area (Å²) in [6, 6.07) is 3.68. The van der Waals surface area contributed by atoms with E-state index in [0.717, 1.165) is 29.7 Å². The first-order chi connectivity index (χ1) is 9.91. The van der Waals surface area contributed by atoms with Crippen LogP contribution in [0.25, 0.3) is 11.0 Å². The van der Waals surface area contributed by atoms with Crippen LogP contribution in [0.15, 0.2) is 16.6 Å². The van der Waals surface area contributed by atoms with Gasteiger partial charge in [-0.25, -0.2) is 9.37 Å². The van der Waals surface area contributed by atoms with Crippen molar-refractivity contribution in [3.8, 4) is 0 Å². The number of alkyl halides is 1. The molecule has 0 spiro atoms. The van der Waals surface area contributed by atoms with Gasteiger partial charge in [0.05, 0.1) is 21.4 Å². The number of rotatable bonds is 2. The van der Waals surface area contributed by atoms with Gasteiger partial charge in [0.25, 0.3) is 0 Å². The summed E-state index contributed by atoms with van der Waals surface area (Å²) in [5.74, 6) is 0.947. The number of hydrogen-bond donors (Lipinski definition) is 0. The van der Waals surface area contributed by atoms with Crippen LogP contribution in [0.5, 0.6) is 0 Å². The van der Waals surface area contributed by atoms with Gasteiger partial charge in [-0.15, -0.1) is 11.6 Å². The van der Waals surface area contributed by atoms with Crippen LogP contribution in [0.3, 0.4) is 0 Å². The molecule has 21 heavy (non-hydrogen) atoms. The second-order valence-corrected chi connectivity index (χ2v) is 7.80. The summed E-state index contributed by atoms with van der Waals surface area (Å²) in [4.78, 5) is 4.58. The molecule has 3 rings (SSSR count). The van der Waals surface area contributed by atoms with Gasteiger partial charge in [0.2, 0.25) is 0 Å². The zero-order valence-electron chi connectivity index (χ0n) is 12.3. The Hall–Kier alpha value is -0.610. The van der Waals surface area contributed by atoms with Gasteiger partial charge in [-0.2, -0.15) is 0 Å². The van der Waals surface area contributed by atoms with Gasteiger partial charge in [-0.1, -0.05) is 13.8 Å². The van der Waals surface area contributed by atoms with E-state index < -0.39 is 0 Å². The highest BCUT2D eigenvalue weighted by Gasteiger charge is 2.29. The van der Waals surface area contributed by atoms with Gasteiger partial charge >= 0.3 is 0 Å². The summed E-state index contributed by atoms with van der Waals surface area (Å²) in [5, 5.41) is 0. The van der Waals surface area contributed by atoms with Gasteiger partial charge in [-0.05, 0) is 53.1 Å². The van der Waals surface area contributed by atoms with Crippen LogP contribution in [0, 0.1) is 11.2 Å². The molecule has 1 aliphatic carbocycles. The first kappa shape index (κ1) is 15.3. The summed E-state index contributed by atoms with van der Waals surface area (Å²) >= 11 is 9.30. The van der Waals surface area contributed by atoms with E-state index in [4.69, 9.17) is 11.6 Å². The lowest BCUT2D eigenvalue weighted by atomic mass is 9.75. The Kier molecular flexibility index (Phi) is 4.04. The molecule has 0 radical (unpaired) electrons. The second-order valence-electron chi connectivity index (χ2n) is 6.68. The van der Waals surface area contributed by atoms with Gasteiger partial charge in [-0.3, -0.25) is 0 Å². The molecule has 0 bridgehead atoms. The largest absolute Gasteiger partial charge is 0.324 e. The second kappa shape index (κ2) is 5.54. The monoisotopic (exact) mass is 372 g/mol. The van der Waals surface area contributed by atoms with Gasteiger partial charge in [0.15, 0.2) is 0 Å². The van der Waals surface area contributed by atoms with Crippen LogP contribution < -0.4 is 0 Å². The fraction of sp³-hybridized carbons (Fsp3) is 0.562. The van der Waals surface area contributed by atoms with Gasteiger partial charge < -0.3 is 4.57 Å². The lowest BCUT2D eigenvalue weighted by molar-refractivity contribution is 0.194. The van der Waals surface area contributed by atoms with Crippen LogP contribution in [-0.2, 0) is 5.88 Å². The fourth-order valence-corrected chi connectivity index (χ4v) is 3.80. The SMILES string of the molecule is CC1(C)CCC(n2c(CCl)nc3cc(Br)c(F)cc32)CC1. The van der Waals surface area contributed by atoms with Crippen molar-refractivity contribution in [2.24, 2.45) is 5.41 Å². The Morgan fingerprint density at radius 2 is 2.05 bits per heavy atom. The van der Waals surface area contributed by atoms with Crippen LogP contribution in [0.2, 0.25) is 0 Å². The summed E-state index contributed by atoms with van der Waals surface area (Å²) in [5.41, 5.74) is 2.07. The Morgan fingerprint density at radius 3 is 2.67 bits per heavy atom. The van der Waals surface area contributed by atoms with Crippen molar-refractivity contribution in [3.05, 3.63) is 28.2 Å². The molecular formula is C16H19BrClFN2. The Bertz CT molecular complexity index is 670. The lowest BCUT2D eigenvalue weighted by Crippen LogP contribution is -2.24. The summed E-state index contributed by atoms with van der Waals surface area (Å²) in [6.45, 7) is 4.63. The molecule has 2 nitrogen and oxygen atoms in total. The molecule has 1 aliphatic rings. The third-order valence-corrected chi connectivity index (χ3v) is 5.44. The standard InChI is InChI=1S/C16H19BrClFN2/c1-16(2)5-3-10(4-6-16)21-14-8-12(19)11(17)7-13(14)20-15(21)9-18/h7-8,10H,3-6,9H2,1-2H3. The summed E-state index contributed by atoms with van der Waals surface area (Å²) < 4.78 is 16.5. The summed E-state index contributed by atoms with van der Waals surface area (Å²) in [6.07, 6.45) is 4.55. The minimum atomic E-state index is -0.249. The van der Waals surface area contributed by atoms with Crippen LogP contribution in [0.4, 0.5) is 4.39 Å². The van der Waals surface area contributed by atoms with Crippen molar-refractivity contribution >= 4 is 38.6 Å². The maximum Gasteiger partial charge on any atom is 0.139 e. The Morgan fingerprint density at radius 1 is 1.38 bits per heavy atom. The summed E-state index contributed by atoms with van der Waals surface area (Å²) in [7, 11) is 0. The normalized spacial score (nSPS) is 19.3. The highest BCUT2D eigenvalue weighted by molar-refractivity contribution is 9.10. The van der Waals surface area contributed by atoms with E-state index in [1.165, 1.54) is 12.8 Å². The van der Waals surface area contributed by atoms with Crippen LogP contribution in [0.1, 0.15) is 51.4 Å². The molecule has 0 aliphatic heterocycles. The zero-order chi connectivity index (χ0) is 15.2. The van der Waals surface area contributed by atoms with E-state index in [9.17, 15) is 4.39 Å². The Labute approximate surface area is 137 Å². The third-order valence-electron chi connectivity index (χ3n) is 4.60. The maximum atomic E-state index is 13.9. The van der Waals surface area contributed by atoms with Crippen LogP contribution >= 0.6 is 27.5 Å². The smallest absolute Gasteiger partial charge is 0.139 e. The quantitative estimate of drug-likeness (QED) is 0.607. The van der Waals surface area contributed by atoms with E-state index in [1.807, 2.05) is 0 Å². The van der Waals surface area contributed by atoms with E-state index in [2.05, 4.69) is 39.3 Å². The molecule has 0 atom stereocenters. The highest BCUT2D eigenvalue weighted by Crippen LogP contribution is 2.42. The third kappa shape index (κ3) is 2.85. The number of hydrogen-bond acceptors (Lipinski definition) is 1. The topological polar surface area (TPSA) is 17.8 Å². The molecule has 1 aromatic heterocycles. The van der Waals surface area contributed by atoms with Gasteiger partial charge in [0, 0.05) is 12.1 Å². The van der Waals surface area contributed by atoms with E-state index >= 15 is 0 Å². The maximum absolute atomic E-state index is 13.9. The molecule has 114 valence electrons. The van der Waals surface area contributed by atoms with E-state index in [0.29, 0.717) is 21.8 Å². The molecule has 0 unspecified atom stereocenters. The molecule has 2 aromatic rings. The number of benzene rings is 1. The molecular weight excluding hydrogens is 355 g/mol. The number of halogens is 3. The number of fused-ring (bicyclic) bond motifs is 1. The van der Waals surface area contributed by atoms with Crippen molar-refractivity contribution in [3.63, 3.8) is 0 Å². The van der Waals surface area contributed by atoms with Crippen molar-refractivity contribution in [2.75, 3.05) is 0 Å². The molecule has 1 fully saturated rings. The molecule has 1 aromatic carbocycles. The Balaban J connectivity index is 2.06. The van der Waals surface area contributed by atoms with Crippen LogP contribution in [-0.4, -0.2) is 9.55 Å². The molecule has 0 N–H and O–H groups in total. The first-order valence-corrected chi connectivity index (χ1v) is 8.66. The lowest BCUT2D eigenvalue weighted by Gasteiger charge is -2.35. The zero-order valence-corrected chi connectivity index (χ0v) is 14.6. The van der Waals surface area contributed by atoms with Crippen molar-refractivity contribution in [1.82, 2.24) is 9.55 Å². The van der Waals surface area contributed by atoms with Crippen molar-refractivity contribution < 1.29 is 4.39 Å². The molecule has 0 saturated heterocycles. The number of aromatic nitrogens is 2. The first-order valence-electron chi connectivity index (χ1n) is 7.33. The molecule has 5 heteroatoms. The molecule has 1 heterocycles. The molecule has 1 saturated carbocycles. The van der Waals surface area contributed by atoms with Gasteiger partial charge in [0.1, 0.15) is 11.6 Å². The predicted molar refractivity (Wildman–Crippen MR) is 88.2 cm³/mol. The minimum Gasteiger partial charge on any atom is -0.324 e. The average Bonchev–Trinajstić information content (AvgIpc) is 2.77. The average molecular weight is 374 g/mol. The van der Waals surface area contributed by atoms with E-state index in [-0.39, 0.29) is 5.82 Å². The number of nitrogens with zero attached hydrogens (tertiary/aromatic N) is 2. The predicted octanol–water partition coefficient (Wildman–Crippen LogP) is 5.82.